The molecule has 3 rings (SSSR count). The molecule has 3 aromatic rings. The van der Waals surface area contributed by atoms with Crippen LogP contribution < -0.4 is 15.2 Å². The molecule has 0 aliphatic rings. The second-order valence-corrected chi connectivity index (χ2v) is 9.91. The largest absolute Gasteiger partial charge is 0.453 e. The first-order valence-corrected chi connectivity index (χ1v) is 12.0. The molecule has 12 heteroatoms. The molecule has 0 bridgehead atoms. The number of sulfonamides is 1. The molecule has 0 atom stereocenters. The first kappa shape index (κ1) is 25.0. The minimum absolute atomic E-state index is 0.0190. The molecule has 0 unspecified atom stereocenters. The molecular weight excluding hydrogens is 566 g/mol. The van der Waals surface area contributed by atoms with Crippen LogP contribution in [0.5, 0.6) is 11.5 Å². The van der Waals surface area contributed by atoms with Crippen LogP contribution >= 0.6 is 39.1 Å². The molecule has 0 saturated carbocycles. The molecule has 0 heterocycles. The van der Waals surface area contributed by atoms with E-state index < -0.39 is 21.7 Å². The van der Waals surface area contributed by atoms with Crippen molar-refractivity contribution in [2.45, 2.75) is 11.3 Å². The number of halogens is 4. The lowest BCUT2D eigenvalue weighted by molar-refractivity contribution is -0.115. The predicted octanol–water partition coefficient (Wildman–Crippen LogP) is 5.39. The van der Waals surface area contributed by atoms with Crippen LogP contribution in [0.2, 0.25) is 10.0 Å². The summed E-state index contributed by atoms with van der Waals surface area (Å²) in [6.45, 7) is 0. The summed E-state index contributed by atoms with van der Waals surface area (Å²) < 4.78 is 43.8. The number of nitrogens with zero attached hydrogens (tertiary/aromatic N) is 1. The van der Waals surface area contributed by atoms with E-state index in [1.54, 1.807) is 0 Å². The molecule has 7 nitrogen and oxygen atoms in total. The molecular formula is C21H13BrCl2FN3O4S. The van der Waals surface area contributed by atoms with Crippen molar-refractivity contribution in [3.05, 3.63) is 80.0 Å². The topological polar surface area (TPSA) is 122 Å². The first-order valence-electron chi connectivity index (χ1n) is 8.95. The van der Waals surface area contributed by atoms with Crippen molar-refractivity contribution in [2.24, 2.45) is 5.14 Å². The van der Waals surface area contributed by atoms with E-state index in [1.165, 1.54) is 42.5 Å². The summed E-state index contributed by atoms with van der Waals surface area (Å²) in [5.41, 5.74) is 0.381. The van der Waals surface area contributed by atoms with Gasteiger partial charge in [0.05, 0.1) is 38.1 Å². The highest BCUT2D eigenvalue weighted by atomic mass is 79.9. The monoisotopic (exact) mass is 577 g/mol. The van der Waals surface area contributed by atoms with Gasteiger partial charge in [0, 0.05) is 10.6 Å². The highest BCUT2D eigenvalue weighted by Gasteiger charge is 2.18. The lowest BCUT2D eigenvalue weighted by Gasteiger charge is -2.13. The summed E-state index contributed by atoms with van der Waals surface area (Å²) >= 11 is 15.2. The molecule has 0 radical (unpaired) electrons. The maximum atomic E-state index is 15.1. The number of amides is 1. The highest BCUT2D eigenvalue weighted by Crippen LogP contribution is 2.36. The molecule has 3 N–H and O–H groups in total. The summed E-state index contributed by atoms with van der Waals surface area (Å²) in [4.78, 5) is 12.2. The van der Waals surface area contributed by atoms with Crippen molar-refractivity contribution in [3.8, 4) is 17.6 Å². The molecule has 0 aliphatic carbocycles. The Bertz CT molecular complexity index is 1410. The van der Waals surface area contributed by atoms with Crippen molar-refractivity contribution in [3.63, 3.8) is 0 Å². The number of nitrogens with two attached hydrogens (primary N) is 1. The zero-order chi connectivity index (χ0) is 24.3. The second kappa shape index (κ2) is 10.1. The SMILES string of the molecule is N#Cc1cc(Cl)cc(Oc2c(Br)ccc(CC(=O)N[13c]3[13cH][13cH][13c](S(N)(=O)=O)[13cH][13c]3Cl)c2F)c1. The number of anilines is 1. The highest BCUT2D eigenvalue weighted by molar-refractivity contribution is 9.10. The second-order valence-electron chi connectivity index (χ2n) is 6.65. The zero-order valence-corrected chi connectivity index (χ0v) is 20.3. The number of carbonyl (C=O) groups excluding carboxylic acids is 1. The quantitative estimate of drug-likeness (QED) is 0.406. The minimum atomic E-state index is -3.96. The number of hydrogen-bond donors (Lipinski definition) is 2. The van der Waals surface area contributed by atoms with Crippen molar-refractivity contribution in [1.82, 2.24) is 0 Å². The number of carbonyl (C=O) groups is 1. The van der Waals surface area contributed by atoms with E-state index in [1.807, 2.05) is 6.07 Å². The molecule has 1 amide bonds. The molecule has 3 aromatic carbocycles. The fourth-order valence-corrected chi connectivity index (χ4v) is 4.19. The van der Waals surface area contributed by atoms with E-state index in [-0.39, 0.29) is 54.1 Å². The Labute approximate surface area is 207 Å². The van der Waals surface area contributed by atoms with Crippen LogP contribution in [0, 0.1) is 17.1 Å². The van der Waals surface area contributed by atoms with Gasteiger partial charge in [0.1, 0.15) is 5.75 Å². The van der Waals surface area contributed by atoms with Crippen molar-refractivity contribution in [1.29, 1.82) is 5.26 Å². The summed E-state index contributed by atoms with van der Waals surface area (Å²) in [6, 6.07) is 12.6. The molecule has 0 fully saturated rings. The van der Waals surface area contributed by atoms with Crippen LogP contribution in [-0.2, 0) is 21.2 Å². The number of primary sulfonamides is 1. The van der Waals surface area contributed by atoms with E-state index in [0.29, 0.717) is 0 Å². The van der Waals surface area contributed by atoms with Gasteiger partial charge in [-0.3, -0.25) is 4.79 Å². The van der Waals surface area contributed by atoms with Crippen LogP contribution in [0.3, 0.4) is 0 Å². The molecule has 170 valence electrons. The normalized spacial score (nSPS) is 11.0. The van der Waals surface area contributed by atoms with E-state index >= 15 is 4.39 Å². The Morgan fingerprint density at radius 1 is 1.18 bits per heavy atom. The van der Waals surface area contributed by atoms with Crippen molar-refractivity contribution >= 4 is 60.7 Å². The maximum Gasteiger partial charge on any atom is 0.238 e. The summed E-state index contributed by atoms with van der Waals surface area (Å²) in [5, 5.41) is 16.8. The standard InChI is InChI=1S/C21H13BrCl2FN3O4S/c22-16-3-1-12(20(25)21(16)32-14-6-11(10-26)5-13(23)8-14)7-19(29)28-18-4-2-15(9-17(18)24)33(27,30)31/h1-6,8-9H,7H2,(H,28,29)(H2,27,30,31)/i2+1,4+1,9+1,15+1,17+1,18+1. The minimum Gasteiger partial charge on any atom is -0.453 e. The third-order valence-corrected chi connectivity index (χ3v) is 6.31. The predicted molar refractivity (Wildman–Crippen MR) is 125 cm³/mol. The molecule has 0 aliphatic heterocycles. The number of rotatable bonds is 6. The molecule has 33 heavy (non-hydrogen) atoms. The van der Waals surface area contributed by atoms with Gasteiger partial charge in [-0.2, -0.15) is 5.26 Å². The van der Waals surface area contributed by atoms with Gasteiger partial charge in [0.25, 0.3) is 0 Å². The molecule has 0 saturated heterocycles. The molecule has 0 spiro atoms. The average Bonchev–Trinajstić information content (AvgIpc) is 2.73. The van der Waals surface area contributed by atoms with Gasteiger partial charge < -0.3 is 10.1 Å². The third kappa shape index (κ3) is 6.22. The third-order valence-electron chi connectivity index (χ3n) is 4.24. The summed E-state index contributed by atoms with van der Waals surface area (Å²) in [5.74, 6) is -1.46. The summed E-state index contributed by atoms with van der Waals surface area (Å²) in [7, 11) is -3.96. The van der Waals surface area contributed by atoms with Gasteiger partial charge in [0.2, 0.25) is 15.9 Å². The van der Waals surface area contributed by atoms with E-state index in [4.69, 9.17) is 38.3 Å². The van der Waals surface area contributed by atoms with E-state index in [0.717, 1.165) is 6.07 Å². The average molecular weight is 579 g/mol. The number of nitrogens with one attached hydrogen (secondary N) is 1. The van der Waals surface area contributed by atoms with Gasteiger partial charge in [-0.1, -0.05) is 29.3 Å². The fourth-order valence-electron chi connectivity index (χ4n) is 2.75. The van der Waals surface area contributed by atoms with Gasteiger partial charge in [-0.25, -0.2) is 17.9 Å². The van der Waals surface area contributed by atoms with Crippen molar-refractivity contribution in [2.75, 3.05) is 5.32 Å². The van der Waals surface area contributed by atoms with Crippen molar-refractivity contribution < 1.29 is 22.3 Å². The number of hydrogen-bond acceptors (Lipinski definition) is 5. The van der Waals surface area contributed by atoms with E-state index in [9.17, 15) is 13.2 Å². The zero-order valence-electron chi connectivity index (χ0n) is 16.4. The Kier molecular flexibility index (Phi) is 7.62. The Morgan fingerprint density at radius 3 is 2.55 bits per heavy atom. The van der Waals surface area contributed by atoms with Crippen LogP contribution in [0.4, 0.5) is 10.1 Å². The fraction of sp³-hybridized carbons (Fsp3) is 0.0476. The van der Waals surface area contributed by atoms with Crippen LogP contribution in [-0.4, -0.2) is 14.3 Å². The van der Waals surface area contributed by atoms with Gasteiger partial charge in [0.15, 0.2) is 11.6 Å². The van der Waals surface area contributed by atoms with Crippen LogP contribution in [0.15, 0.2) is 57.9 Å². The maximum absolute atomic E-state index is 15.1. The number of benzene rings is 3. The lowest BCUT2D eigenvalue weighted by atomic mass is 10.1. The first-order chi connectivity index (χ1) is 15.5. The number of ether oxygens (including phenoxy) is 1. The summed E-state index contributed by atoms with van der Waals surface area (Å²) in [6.07, 6.45) is -0.373. The Balaban J connectivity index is 1.82. The Morgan fingerprint density at radius 2 is 1.91 bits per heavy atom. The van der Waals surface area contributed by atoms with Gasteiger partial charge in [-0.15, -0.1) is 0 Å². The van der Waals surface area contributed by atoms with E-state index in [2.05, 4.69) is 21.2 Å². The van der Waals surface area contributed by atoms with Crippen LogP contribution in [0.1, 0.15) is 11.1 Å². The molecule has 0 aromatic heterocycles. The van der Waals surface area contributed by atoms with Gasteiger partial charge >= 0.3 is 0 Å². The van der Waals surface area contributed by atoms with Gasteiger partial charge in [-0.05, 0) is 58.4 Å². The number of nitriles is 1. The van der Waals surface area contributed by atoms with Crippen LogP contribution in [0.25, 0.3) is 0 Å². The lowest BCUT2D eigenvalue weighted by Crippen LogP contribution is -2.16. The smallest absolute Gasteiger partial charge is 0.238 e. The Hall–Kier alpha value is -2.68.